The molecule has 3 rings (SSSR count). The van der Waals surface area contributed by atoms with Gasteiger partial charge in [0.1, 0.15) is 0 Å². The normalized spacial score (nSPS) is 15.5. The average Bonchev–Trinajstić information content (AvgIpc) is 2.77. The summed E-state index contributed by atoms with van der Waals surface area (Å²) in [5, 5.41) is 10.8. The second kappa shape index (κ2) is 4.87. The standard InChI is InChI=1S/C16H12N2O4/c17-18(15(21)10-6-2-1-3-7-10)16(22)13(19)11-8-4-5-9-12(11)14(16)20/h1-9,22H,17H2. The molecule has 2 aromatic rings. The smallest absolute Gasteiger partial charge is 0.284 e. The molecule has 0 aromatic heterocycles. The molecule has 1 amide bonds. The molecule has 3 N–H and O–H groups in total. The number of hydrazine groups is 1. The number of ketones is 2. The highest BCUT2D eigenvalue weighted by molar-refractivity contribution is 6.32. The fraction of sp³-hybridized carbons (Fsp3) is 0.0625. The molecular weight excluding hydrogens is 284 g/mol. The monoisotopic (exact) mass is 296 g/mol. The fourth-order valence-corrected chi connectivity index (χ4v) is 2.44. The quantitative estimate of drug-likeness (QED) is 0.280. The molecule has 0 unspecified atom stereocenters. The molecule has 0 aliphatic heterocycles. The summed E-state index contributed by atoms with van der Waals surface area (Å²) >= 11 is 0. The van der Waals surface area contributed by atoms with Gasteiger partial charge in [-0.05, 0) is 12.1 Å². The van der Waals surface area contributed by atoms with Gasteiger partial charge in [0.25, 0.3) is 11.6 Å². The van der Waals surface area contributed by atoms with E-state index in [1.165, 1.54) is 24.3 Å². The van der Waals surface area contributed by atoms with Crippen LogP contribution in [0.1, 0.15) is 31.1 Å². The van der Waals surface area contributed by atoms with Crippen molar-refractivity contribution in [3.05, 3.63) is 71.3 Å². The van der Waals surface area contributed by atoms with Crippen molar-refractivity contribution in [3.63, 3.8) is 0 Å². The predicted molar refractivity (Wildman–Crippen MR) is 76.9 cm³/mol. The second-order valence-electron chi connectivity index (χ2n) is 4.92. The van der Waals surface area contributed by atoms with Gasteiger partial charge in [-0.2, -0.15) is 0 Å². The molecule has 0 saturated heterocycles. The summed E-state index contributed by atoms with van der Waals surface area (Å²) in [6.07, 6.45) is 0. The van der Waals surface area contributed by atoms with Crippen LogP contribution in [0, 0.1) is 0 Å². The summed E-state index contributed by atoms with van der Waals surface area (Å²) in [6.45, 7) is 0. The zero-order valence-corrected chi connectivity index (χ0v) is 11.4. The topological polar surface area (TPSA) is 101 Å². The molecule has 0 saturated carbocycles. The zero-order chi connectivity index (χ0) is 15.9. The Labute approximate surface area is 125 Å². The summed E-state index contributed by atoms with van der Waals surface area (Å²) in [6, 6.07) is 13.8. The molecule has 0 atom stereocenters. The Morgan fingerprint density at radius 1 is 0.909 bits per heavy atom. The van der Waals surface area contributed by atoms with Crippen LogP contribution in [-0.4, -0.2) is 33.3 Å². The lowest BCUT2D eigenvalue weighted by atomic mass is 10.1. The molecule has 0 fully saturated rings. The third kappa shape index (κ3) is 1.78. The van der Waals surface area contributed by atoms with E-state index in [2.05, 4.69) is 0 Å². The summed E-state index contributed by atoms with van der Waals surface area (Å²) in [5.41, 5.74) is -2.45. The highest BCUT2D eigenvalue weighted by atomic mass is 16.3. The van der Waals surface area contributed by atoms with Crippen molar-refractivity contribution in [2.45, 2.75) is 5.72 Å². The van der Waals surface area contributed by atoms with E-state index in [0.717, 1.165) is 0 Å². The zero-order valence-electron chi connectivity index (χ0n) is 11.4. The summed E-state index contributed by atoms with van der Waals surface area (Å²) < 4.78 is 0. The van der Waals surface area contributed by atoms with Crippen LogP contribution in [-0.2, 0) is 0 Å². The van der Waals surface area contributed by atoms with E-state index in [1.807, 2.05) is 0 Å². The van der Waals surface area contributed by atoms with E-state index < -0.39 is 23.2 Å². The van der Waals surface area contributed by atoms with Crippen molar-refractivity contribution in [1.29, 1.82) is 0 Å². The van der Waals surface area contributed by atoms with Crippen LogP contribution in [0.5, 0.6) is 0 Å². The van der Waals surface area contributed by atoms with Gasteiger partial charge >= 0.3 is 0 Å². The van der Waals surface area contributed by atoms with E-state index in [4.69, 9.17) is 5.84 Å². The first-order valence-electron chi connectivity index (χ1n) is 6.53. The van der Waals surface area contributed by atoms with Crippen molar-refractivity contribution in [2.75, 3.05) is 0 Å². The molecule has 0 bridgehead atoms. The van der Waals surface area contributed by atoms with Gasteiger partial charge in [0, 0.05) is 16.7 Å². The molecule has 1 aliphatic carbocycles. The maximum atomic E-state index is 12.4. The van der Waals surface area contributed by atoms with Crippen LogP contribution < -0.4 is 5.84 Å². The summed E-state index contributed by atoms with van der Waals surface area (Å²) in [4.78, 5) is 37.0. The number of Topliss-reactive ketones (excluding diaryl/α,β-unsaturated/α-hetero) is 2. The van der Waals surface area contributed by atoms with E-state index in [9.17, 15) is 19.5 Å². The van der Waals surface area contributed by atoms with Crippen LogP contribution in [0.2, 0.25) is 0 Å². The number of carbonyl (C=O) groups excluding carboxylic acids is 3. The van der Waals surface area contributed by atoms with Crippen molar-refractivity contribution >= 4 is 17.5 Å². The fourth-order valence-electron chi connectivity index (χ4n) is 2.44. The number of carbonyl (C=O) groups is 3. The number of nitrogens with two attached hydrogens (primary N) is 1. The van der Waals surface area contributed by atoms with Crippen molar-refractivity contribution < 1.29 is 19.5 Å². The number of aliphatic hydroxyl groups is 1. The van der Waals surface area contributed by atoms with Crippen molar-refractivity contribution in [3.8, 4) is 0 Å². The number of hydrogen-bond acceptors (Lipinski definition) is 5. The molecule has 2 aromatic carbocycles. The van der Waals surface area contributed by atoms with Crippen LogP contribution in [0.25, 0.3) is 0 Å². The van der Waals surface area contributed by atoms with Gasteiger partial charge in [-0.3, -0.25) is 14.4 Å². The lowest BCUT2D eigenvalue weighted by Crippen LogP contribution is -2.62. The number of rotatable bonds is 2. The van der Waals surface area contributed by atoms with E-state index in [-0.39, 0.29) is 16.7 Å². The first kappa shape index (κ1) is 14.1. The Balaban J connectivity index is 2.03. The minimum Gasteiger partial charge on any atom is -0.357 e. The Kier molecular flexibility index (Phi) is 3.13. The van der Waals surface area contributed by atoms with Gasteiger partial charge in [0.2, 0.25) is 11.6 Å². The van der Waals surface area contributed by atoms with E-state index in [0.29, 0.717) is 5.01 Å². The van der Waals surface area contributed by atoms with Gasteiger partial charge in [-0.15, -0.1) is 0 Å². The van der Waals surface area contributed by atoms with Crippen molar-refractivity contribution in [1.82, 2.24) is 5.01 Å². The Morgan fingerprint density at radius 3 is 1.86 bits per heavy atom. The second-order valence-corrected chi connectivity index (χ2v) is 4.92. The number of benzene rings is 2. The Bertz CT molecular complexity index is 751. The van der Waals surface area contributed by atoms with Crippen molar-refractivity contribution in [2.24, 2.45) is 5.84 Å². The highest BCUT2D eigenvalue weighted by Crippen LogP contribution is 2.32. The molecule has 0 heterocycles. The van der Waals surface area contributed by atoms with Crippen LogP contribution in [0.3, 0.4) is 0 Å². The van der Waals surface area contributed by atoms with E-state index >= 15 is 0 Å². The van der Waals surface area contributed by atoms with Gasteiger partial charge < -0.3 is 5.11 Å². The minimum absolute atomic E-state index is 0.0475. The number of nitrogens with zero attached hydrogens (tertiary/aromatic N) is 1. The number of fused-ring (bicyclic) bond motifs is 1. The molecule has 6 heteroatoms. The minimum atomic E-state index is -2.71. The molecule has 0 radical (unpaired) electrons. The molecule has 110 valence electrons. The lowest BCUT2D eigenvalue weighted by Gasteiger charge is -2.29. The molecule has 0 spiro atoms. The largest absolute Gasteiger partial charge is 0.357 e. The van der Waals surface area contributed by atoms with Crippen LogP contribution in [0.15, 0.2) is 54.6 Å². The maximum Gasteiger partial charge on any atom is 0.284 e. The summed E-state index contributed by atoms with van der Waals surface area (Å²) in [7, 11) is 0. The average molecular weight is 296 g/mol. The third-order valence-electron chi connectivity index (χ3n) is 3.64. The van der Waals surface area contributed by atoms with Gasteiger partial charge in [-0.1, -0.05) is 42.5 Å². The molecule has 1 aliphatic rings. The van der Waals surface area contributed by atoms with Crippen LogP contribution >= 0.6 is 0 Å². The van der Waals surface area contributed by atoms with Gasteiger partial charge in [0.05, 0.1) is 0 Å². The molecule has 22 heavy (non-hydrogen) atoms. The third-order valence-corrected chi connectivity index (χ3v) is 3.64. The lowest BCUT2D eigenvalue weighted by molar-refractivity contribution is -0.0389. The predicted octanol–water partition coefficient (Wildman–Crippen LogP) is 0.770. The van der Waals surface area contributed by atoms with E-state index in [1.54, 1.807) is 30.3 Å². The van der Waals surface area contributed by atoms with Crippen LogP contribution in [0.4, 0.5) is 0 Å². The van der Waals surface area contributed by atoms with Gasteiger partial charge in [0.15, 0.2) is 0 Å². The first-order valence-corrected chi connectivity index (χ1v) is 6.53. The molecule has 6 nitrogen and oxygen atoms in total. The Morgan fingerprint density at radius 2 is 1.36 bits per heavy atom. The Hall–Kier alpha value is -2.83. The highest BCUT2D eigenvalue weighted by Gasteiger charge is 2.57. The van der Waals surface area contributed by atoms with Gasteiger partial charge in [-0.25, -0.2) is 10.9 Å². The maximum absolute atomic E-state index is 12.4. The summed E-state index contributed by atoms with van der Waals surface area (Å²) in [5.74, 6) is 3.01. The molecular formula is C16H12N2O4. The number of hydrogen-bond donors (Lipinski definition) is 2. The SMILES string of the molecule is NN(C(=O)c1ccccc1)C1(O)C(=O)c2ccccc2C1=O. The first-order chi connectivity index (χ1) is 10.5. The number of amides is 1.